The molecule has 3 rings (SSSR count). The van der Waals surface area contributed by atoms with Gasteiger partial charge in [0.25, 0.3) is 0 Å². The average Bonchev–Trinajstić information content (AvgIpc) is 3.04. The smallest absolute Gasteiger partial charge is 0.240 e. The van der Waals surface area contributed by atoms with E-state index in [1.54, 1.807) is 0 Å². The van der Waals surface area contributed by atoms with Gasteiger partial charge in [0.2, 0.25) is 11.8 Å². The molecule has 1 aromatic carbocycles. The van der Waals surface area contributed by atoms with Gasteiger partial charge in [0.05, 0.1) is 0 Å². The molecule has 0 radical (unpaired) electrons. The number of nitrogens with one attached hydrogen (secondary N) is 1. The first-order chi connectivity index (χ1) is 11.1. The van der Waals surface area contributed by atoms with Crippen LogP contribution in [0.1, 0.15) is 43.6 Å². The molecule has 0 bridgehead atoms. The van der Waals surface area contributed by atoms with Gasteiger partial charge in [-0.1, -0.05) is 29.8 Å². The summed E-state index contributed by atoms with van der Waals surface area (Å²) in [4.78, 5) is 25.3. The third kappa shape index (κ3) is 3.91. The lowest BCUT2D eigenvalue weighted by Crippen LogP contribution is -2.30. The zero-order valence-corrected chi connectivity index (χ0v) is 13.7. The molecule has 122 valence electrons. The number of halogens is 1. The van der Waals surface area contributed by atoms with Crippen molar-refractivity contribution in [1.29, 1.82) is 0 Å². The second-order valence-corrected chi connectivity index (χ2v) is 6.47. The summed E-state index contributed by atoms with van der Waals surface area (Å²) >= 11 is 6.25. The molecule has 0 aliphatic carbocycles. The largest absolute Gasteiger partial charge is 0.342 e. The van der Waals surface area contributed by atoms with Crippen molar-refractivity contribution in [2.75, 3.05) is 13.1 Å². The minimum absolute atomic E-state index is 0.0535. The number of carbonyl (C=O) groups excluding carboxylic acids is 2. The first-order valence-corrected chi connectivity index (χ1v) is 8.38. The van der Waals surface area contributed by atoms with E-state index in [9.17, 15) is 9.59 Å². The molecule has 2 aliphatic rings. The Bertz CT molecular complexity index is 644. The summed E-state index contributed by atoms with van der Waals surface area (Å²) in [5.41, 5.74) is 4.50. The Balaban J connectivity index is 1.52. The number of hydrogen-bond donors (Lipinski definition) is 1. The van der Waals surface area contributed by atoms with Gasteiger partial charge in [-0.25, -0.2) is 5.43 Å². The minimum Gasteiger partial charge on any atom is -0.342 e. The molecule has 0 saturated carbocycles. The zero-order valence-electron chi connectivity index (χ0n) is 12.9. The van der Waals surface area contributed by atoms with Gasteiger partial charge in [-0.15, -0.1) is 0 Å². The fourth-order valence-corrected chi connectivity index (χ4v) is 3.44. The summed E-state index contributed by atoms with van der Waals surface area (Å²) in [5, 5.41) is 4.79. The van der Waals surface area contributed by atoms with E-state index in [0.29, 0.717) is 31.6 Å². The summed E-state index contributed by atoms with van der Waals surface area (Å²) in [6.45, 7) is 1.50. The highest BCUT2D eigenvalue weighted by Gasteiger charge is 2.28. The highest BCUT2D eigenvalue weighted by atomic mass is 35.5. The van der Waals surface area contributed by atoms with Gasteiger partial charge in [0.15, 0.2) is 0 Å². The molecule has 1 N–H and O–H groups in total. The maximum Gasteiger partial charge on any atom is 0.240 e. The van der Waals surface area contributed by atoms with Crippen LogP contribution in [0.4, 0.5) is 0 Å². The van der Waals surface area contributed by atoms with Crippen LogP contribution in [-0.4, -0.2) is 35.5 Å². The van der Waals surface area contributed by atoms with E-state index in [1.165, 1.54) is 0 Å². The molecule has 0 aromatic heterocycles. The normalized spacial score (nSPS) is 21.1. The Labute approximate surface area is 140 Å². The molecule has 5 nitrogen and oxygen atoms in total. The number of carbonyl (C=O) groups is 2. The topological polar surface area (TPSA) is 61.8 Å². The third-order valence-electron chi connectivity index (χ3n) is 4.49. The molecule has 0 unspecified atom stereocenters. The molecular formula is C17H20ClN3O2. The summed E-state index contributed by atoms with van der Waals surface area (Å²) in [7, 11) is 0. The maximum atomic E-state index is 12.4. The van der Waals surface area contributed by atoms with Gasteiger partial charge in [0, 0.05) is 42.6 Å². The number of hydrazone groups is 1. The maximum absolute atomic E-state index is 12.4. The van der Waals surface area contributed by atoms with Crippen molar-refractivity contribution in [3.63, 3.8) is 0 Å². The Hall–Kier alpha value is -1.88. The standard InChI is InChI=1S/C17H20ClN3O2/c18-15-4-2-1-3-14(15)12-9-10-21(11-12)17(23)8-6-13-5-7-16(22)20-19-13/h1-4,12H,5-11H2,(H,20,22)/t12-/m1/s1. The highest BCUT2D eigenvalue weighted by molar-refractivity contribution is 6.31. The quantitative estimate of drug-likeness (QED) is 0.920. The third-order valence-corrected chi connectivity index (χ3v) is 4.84. The number of amides is 2. The lowest BCUT2D eigenvalue weighted by atomic mass is 9.98. The lowest BCUT2D eigenvalue weighted by Gasteiger charge is -2.18. The molecule has 6 heteroatoms. The van der Waals surface area contributed by atoms with Crippen molar-refractivity contribution in [1.82, 2.24) is 10.3 Å². The molecular weight excluding hydrogens is 314 g/mol. The molecule has 0 spiro atoms. The Kier molecular flexibility index (Phi) is 4.96. The molecule has 23 heavy (non-hydrogen) atoms. The van der Waals surface area contributed by atoms with Crippen LogP contribution >= 0.6 is 11.6 Å². The summed E-state index contributed by atoms with van der Waals surface area (Å²) < 4.78 is 0. The van der Waals surface area contributed by atoms with Gasteiger partial charge in [-0.05, 0) is 30.9 Å². The van der Waals surface area contributed by atoms with Crippen LogP contribution in [0.3, 0.4) is 0 Å². The number of likely N-dealkylation sites (tertiary alicyclic amines) is 1. The minimum atomic E-state index is -0.0535. The van der Waals surface area contributed by atoms with Crippen LogP contribution in [0.15, 0.2) is 29.4 Å². The van der Waals surface area contributed by atoms with E-state index < -0.39 is 0 Å². The van der Waals surface area contributed by atoms with Crippen LogP contribution in [0.5, 0.6) is 0 Å². The monoisotopic (exact) mass is 333 g/mol. The van der Waals surface area contributed by atoms with Crippen LogP contribution in [0.2, 0.25) is 5.02 Å². The van der Waals surface area contributed by atoms with E-state index in [2.05, 4.69) is 10.5 Å². The lowest BCUT2D eigenvalue weighted by molar-refractivity contribution is -0.130. The molecule has 2 aliphatic heterocycles. The number of hydrogen-bond acceptors (Lipinski definition) is 3. The van der Waals surface area contributed by atoms with Crippen molar-refractivity contribution in [2.45, 2.75) is 38.0 Å². The van der Waals surface area contributed by atoms with E-state index in [1.807, 2.05) is 29.2 Å². The average molecular weight is 334 g/mol. The molecule has 2 heterocycles. The number of nitrogens with zero attached hydrogens (tertiary/aromatic N) is 2. The second-order valence-electron chi connectivity index (χ2n) is 6.06. The van der Waals surface area contributed by atoms with Gasteiger partial charge in [-0.2, -0.15) is 5.10 Å². The second kappa shape index (κ2) is 7.13. The van der Waals surface area contributed by atoms with Crippen LogP contribution in [0.25, 0.3) is 0 Å². The van der Waals surface area contributed by atoms with Gasteiger partial charge in [-0.3, -0.25) is 9.59 Å². The van der Waals surface area contributed by atoms with Crippen molar-refractivity contribution in [2.24, 2.45) is 5.10 Å². The van der Waals surface area contributed by atoms with Crippen molar-refractivity contribution >= 4 is 29.1 Å². The zero-order chi connectivity index (χ0) is 16.2. The van der Waals surface area contributed by atoms with Crippen LogP contribution < -0.4 is 5.43 Å². The van der Waals surface area contributed by atoms with E-state index in [0.717, 1.165) is 35.8 Å². The van der Waals surface area contributed by atoms with Crippen molar-refractivity contribution in [3.05, 3.63) is 34.9 Å². The predicted molar refractivity (Wildman–Crippen MR) is 89.4 cm³/mol. The predicted octanol–water partition coefficient (Wildman–Crippen LogP) is 2.70. The van der Waals surface area contributed by atoms with Gasteiger partial charge >= 0.3 is 0 Å². The fraction of sp³-hybridized carbons (Fsp3) is 0.471. The van der Waals surface area contributed by atoms with Crippen molar-refractivity contribution < 1.29 is 9.59 Å². The van der Waals surface area contributed by atoms with E-state index in [4.69, 9.17) is 11.6 Å². The molecule has 1 saturated heterocycles. The molecule has 1 atom stereocenters. The summed E-state index contributed by atoms with van der Waals surface area (Å²) in [6.07, 6.45) is 3.13. The first-order valence-electron chi connectivity index (χ1n) is 8.00. The first kappa shape index (κ1) is 16.0. The number of rotatable bonds is 4. The van der Waals surface area contributed by atoms with Gasteiger partial charge in [0.1, 0.15) is 0 Å². The Morgan fingerprint density at radius 2 is 2.17 bits per heavy atom. The number of benzene rings is 1. The molecule has 2 amide bonds. The highest BCUT2D eigenvalue weighted by Crippen LogP contribution is 2.32. The van der Waals surface area contributed by atoms with Crippen molar-refractivity contribution in [3.8, 4) is 0 Å². The Morgan fingerprint density at radius 1 is 1.35 bits per heavy atom. The van der Waals surface area contributed by atoms with Gasteiger partial charge < -0.3 is 4.90 Å². The molecule has 1 fully saturated rings. The fourth-order valence-electron chi connectivity index (χ4n) is 3.15. The summed E-state index contributed by atoms with van der Waals surface area (Å²) in [5.74, 6) is 0.417. The molecule has 1 aromatic rings. The summed E-state index contributed by atoms with van der Waals surface area (Å²) in [6, 6.07) is 7.85. The Morgan fingerprint density at radius 3 is 2.91 bits per heavy atom. The van der Waals surface area contributed by atoms with E-state index in [-0.39, 0.29) is 11.8 Å². The van der Waals surface area contributed by atoms with Crippen LogP contribution in [0, 0.1) is 0 Å². The van der Waals surface area contributed by atoms with Crippen LogP contribution in [-0.2, 0) is 9.59 Å². The van der Waals surface area contributed by atoms with E-state index >= 15 is 0 Å². The SMILES string of the molecule is O=C1CCC(CCC(=O)N2CC[C@@H](c3ccccc3Cl)C2)=NN1.